The molecule has 0 amide bonds. The van der Waals surface area contributed by atoms with Crippen LogP contribution in [0.4, 0.5) is 0 Å². The largest absolute Gasteiger partial charge is 0.376 e. The van der Waals surface area contributed by atoms with Crippen molar-refractivity contribution < 1.29 is 9.47 Å². The normalized spacial score (nSPS) is 30.9. The van der Waals surface area contributed by atoms with Gasteiger partial charge in [0.05, 0.1) is 25.9 Å². The van der Waals surface area contributed by atoms with Gasteiger partial charge in [0.15, 0.2) is 0 Å². The minimum atomic E-state index is 0.237. The number of nitrogens with one attached hydrogen (secondary N) is 1. The van der Waals surface area contributed by atoms with Crippen molar-refractivity contribution in [3.8, 4) is 0 Å². The number of hydrogen-bond donors (Lipinski definition) is 1. The van der Waals surface area contributed by atoms with Crippen LogP contribution in [-0.4, -0.2) is 38.5 Å². The van der Waals surface area contributed by atoms with E-state index in [-0.39, 0.29) is 6.10 Å². The monoisotopic (exact) mass is 325 g/mol. The van der Waals surface area contributed by atoms with Gasteiger partial charge in [-0.3, -0.25) is 0 Å². The predicted octanol–water partition coefficient (Wildman–Crippen LogP) is 2.70. The topological polar surface area (TPSA) is 30.5 Å². The van der Waals surface area contributed by atoms with E-state index in [9.17, 15) is 0 Å². The second-order valence-corrected chi connectivity index (χ2v) is 6.31. The van der Waals surface area contributed by atoms with Crippen LogP contribution in [0.2, 0.25) is 0 Å². The third-order valence-electron chi connectivity index (χ3n) is 4.00. The van der Waals surface area contributed by atoms with Crippen LogP contribution >= 0.6 is 15.9 Å². The second kappa shape index (κ2) is 6.35. The molecule has 0 bridgehead atoms. The first-order valence-electron chi connectivity index (χ1n) is 6.99. The van der Waals surface area contributed by atoms with Crippen LogP contribution in [0.25, 0.3) is 0 Å². The van der Waals surface area contributed by atoms with E-state index in [1.54, 1.807) is 0 Å². The Kier molecular flexibility index (Phi) is 4.53. The molecule has 4 heteroatoms. The molecule has 1 aromatic carbocycles. The van der Waals surface area contributed by atoms with Crippen molar-refractivity contribution >= 4 is 15.9 Å². The fourth-order valence-electron chi connectivity index (χ4n) is 2.74. The number of halogens is 1. The minimum absolute atomic E-state index is 0.237. The molecule has 1 N–H and O–H groups in total. The molecule has 3 nitrogen and oxygen atoms in total. The van der Waals surface area contributed by atoms with Crippen LogP contribution in [0.3, 0.4) is 0 Å². The summed E-state index contributed by atoms with van der Waals surface area (Å²) in [6, 6.07) is 9.35. The Balaban J connectivity index is 1.39. The van der Waals surface area contributed by atoms with Crippen LogP contribution < -0.4 is 5.32 Å². The van der Waals surface area contributed by atoms with Crippen molar-refractivity contribution in [2.45, 2.75) is 30.9 Å². The van der Waals surface area contributed by atoms with Gasteiger partial charge in [0.2, 0.25) is 0 Å². The van der Waals surface area contributed by atoms with Gasteiger partial charge in [0.1, 0.15) is 0 Å². The highest BCUT2D eigenvalue weighted by Gasteiger charge is 2.30. The Morgan fingerprint density at radius 2 is 1.95 bits per heavy atom. The van der Waals surface area contributed by atoms with Crippen molar-refractivity contribution in [2.75, 3.05) is 26.4 Å². The molecule has 1 saturated carbocycles. The van der Waals surface area contributed by atoms with Gasteiger partial charge in [0, 0.05) is 17.1 Å². The van der Waals surface area contributed by atoms with E-state index >= 15 is 0 Å². The lowest BCUT2D eigenvalue weighted by atomic mass is 9.76. The molecule has 0 aromatic heterocycles. The molecule has 0 spiro atoms. The maximum absolute atomic E-state index is 5.63. The van der Waals surface area contributed by atoms with Gasteiger partial charge in [-0.1, -0.05) is 28.1 Å². The van der Waals surface area contributed by atoms with Crippen molar-refractivity contribution in [3.63, 3.8) is 0 Å². The zero-order valence-corrected chi connectivity index (χ0v) is 12.6. The zero-order valence-electron chi connectivity index (χ0n) is 11.0. The van der Waals surface area contributed by atoms with E-state index in [0.29, 0.717) is 12.0 Å². The van der Waals surface area contributed by atoms with E-state index in [1.807, 2.05) is 0 Å². The standard InChI is InChI=1S/C15H20BrNO2/c16-13-3-1-11(2-4-13)12-7-14(8-12)17-9-15-10-18-5-6-19-15/h1-4,12,14-15,17H,5-10H2. The Bertz CT molecular complexity index is 397. The first kappa shape index (κ1) is 13.6. The summed E-state index contributed by atoms with van der Waals surface area (Å²) in [6.45, 7) is 3.12. The van der Waals surface area contributed by atoms with Gasteiger partial charge >= 0.3 is 0 Å². The number of hydrogen-bond acceptors (Lipinski definition) is 3. The number of benzene rings is 1. The average Bonchev–Trinajstić information content (AvgIpc) is 2.40. The molecule has 2 aliphatic rings. The maximum atomic E-state index is 5.63. The molecule has 104 valence electrons. The first-order valence-corrected chi connectivity index (χ1v) is 7.79. The lowest BCUT2D eigenvalue weighted by molar-refractivity contribution is -0.0878. The zero-order chi connectivity index (χ0) is 13.1. The highest BCUT2D eigenvalue weighted by Crippen LogP contribution is 2.37. The van der Waals surface area contributed by atoms with Gasteiger partial charge in [-0.15, -0.1) is 0 Å². The Labute approximate surface area is 122 Å². The first-order chi connectivity index (χ1) is 9.31. The van der Waals surface area contributed by atoms with E-state index in [1.165, 1.54) is 18.4 Å². The second-order valence-electron chi connectivity index (χ2n) is 5.39. The third-order valence-corrected chi connectivity index (χ3v) is 4.53. The number of ether oxygens (including phenoxy) is 2. The quantitative estimate of drug-likeness (QED) is 0.923. The molecule has 1 aliphatic heterocycles. The summed E-state index contributed by atoms with van der Waals surface area (Å²) in [6.07, 6.45) is 2.70. The Hall–Kier alpha value is -0.420. The van der Waals surface area contributed by atoms with E-state index in [0.717, 1.165) is 30.8 Å². The van der Waals surface area contributed by atoms with Crippen LogP contribution in [0, 0.1) is 0 Å². The van der Waals surface area contributed by atoms with Crippen LogP contribution in [0.15, 0.2) is 28.7 Å². The molecule has 0 radical (unpaired) electrons. The van der Waals surface area contributed by atoms with Gasteiger partial charge in [0.25, 0.3) is 0 Å². The van der Waals surface area contributed by atoms with E-state index in [4.69, 9.17) is 9.47 Å². The molecule has 19 heavy (non-hydrogen) atoms. The Morgan fingerprint density at radius 3 is 2.63 bits per heavy atom. The van der Waals surface area contributed by atoms with Crippen molar-refractivity contribution in [2.24, 2.45) is 0 Å². The maximum Gasteiger partial charge on any atom is 0.0933 e. The molecule has 1 saturated heterocycles. The van der Waals surface area contributed by atoms with E-state index < -0.39 is 0 Å². The van der Waals surface area contributed by atoms with Gasteiger partial charge in [-0.25, -0.2) is 0 Å². The Morgan fingerprint density at radius 1 is 1.16 bits per heavy atom. The van der Waals surface area contributed by atoms with Crippen molar-refractivity contribution in [3.05, 3.63) is 34.3 Å². The SMILES string of the molecule is Brc1ccc(C2CC(NCC3COCCO3)C2)cc1. The molecule has 3 rings (SSSR count). The molecular weight excluding hydrogens is 306 g/mol. The summed E-state index contributed by atoms with van der Waals surface area (Å²) in [5, 5.41) is 3.59. The van der Waals surface area contributed by atoms with Crippen molar-refractivity contribution in [1.82, 2.24) is 5.32 Å². The highest BCUT2D eigenvalue weighted by molar-refractivity contribution is 9.10. The summed E-state index contributed by atoms with van der Waals surface area (Å²) in [4.78, 5) is 0. The van der Waals surface area contributed by atoms with E-state index in [2.05, 4.69) is 45.5 Å². The lowest BCUT2D eigenvalue weighted by Gasteiger charge is -2.37. The molecule has 1 unspecified atom stereocenters. The third kappa shape index (κ3) is 3.57. The summed E-state index contributed by atoms with van der Waals surface area (Å²) < 4.78 is 12.2. The van der Waals surface area contributed by atoms with Gasteiger partial charge in [-0.2, -0.15) is 0 Å². The van der Waals surface area contributed by atoms with Crippen LogP contribution in [-0.2, 0) is 9.47 Å². The van der Waals surface area contributed by atoms with Gasteiger partial charge in [-0.05, 0) is 36.5 Å². The number of rotatable bonds is 4. The van der Waals surface area contributed by atoms with Crippen LogP contribution in [0.5, 0.6) is 0 Å². The molecule has 1 aromatic rings. The summed E-state index contributed by atoms with van der Waals surface area (Å²) in [5.41, 5.74) is 1.46. The molecule has 1 atom stereocenters. The molecule has 1 heterocycles. The molecule has 2 fully saturated rings. The fraction of sp³-hybridized carbons (Fsp3) is 0.600. The summed E-state index contributed by atoms with van der Waals surface area (Å²) in [7, 11) is 0. The van der Waals surface area contributed by atoms with Crippen molar-refractivity contribution in [1.29, 1.82) is 0 Å². The lowest BCUT2D eigenvalue weighted by Crippen LogP contribution is -2.46. The van der Waals surface area contributed by atoms with Gasteiger partial charge < -0.3 is 14.8 Å². The summed E-state index contributed by atoms with van der Waals surface area (Å²) in [5.74, 6) is 0.717. The minimum Gasteiger partial charge on any atom is -0.376 e. The summed E-state index contributed by atoms with van der Waals surface area (Å²) >= 11 is 3.48. The molecule has 1 aliphatic carbocycles. The molecular formula is C15H20BrNO2. The highest BCUT2D eigenvalue weighted by atomic mass is 79.9. The fourth-order valence-corrected chi connectivity index (χ4v) is 3.01. The predicted molar refractivity (Wildman–Crippen MR) is 78.5 cm³/mol. The van der Waals surface area contributed by atoms with Crippen LogP contribution in [0.1, 0.15) is 24.3 Å². The smallest absolute Gasteiger partial charge is 0.0933 e. The average molecular weight is 326 g/mol.